The Morgan fingerprint density at radius 3 is 2.54 bits per heavy atom. The second-order valence-corrected chi connectivity index (χ2v) is 5.79. The van der Waals surface area contributed by atoms with Gasteiger partial charge in [-0.2, -0.15) is 0 Å². The van der Waals surface area contributed by atoms with Crippen LogP contribution < -0.4 is 10.1 Å². The van der Waals surface area contributed by atoms with E-state index in [1.54, 1.807) is 13.3 Å². The van der Waals surface area contributed by atoms with Crippen molar-refractivity contribution < 1.29 is 9.53 Å². The molecule has 24 heavy (non-hydrogen) atoms. The molecule has 7 nitrogen and oxygen atoms in total. The zero-order valence-electron chi connectivity index (χ0n) is 13.9. The van der Waals surface area contributed by atoms with Crippen molar-refractivity contribution in [1.29, 1.82) is 0 Å². The minimum Gasteiger partial charge on any atom is -0.497 e. The molecule has 2 amide bonds. The minimum atomic E-state index is -0.0468. The van der Waals surface area contributed by atoms with E-state index in [-0.39, 0.29) is 6.03 Å². The lowest BCUT2D eigenvalue weighted by Crippen LogP contribution is -2.50. The number of anilines is 1. The van der Waals surface area contributed by atoms with Gasteiger partial charge in [0.15, 0.2) is 0 Å². The summed E-state index contributed by atoms with van der Waals surface area (Å²) in [6, 6.07) is 7.32. The Morgan fingerprint density at radius 2 is 1.92 bits per heavy atom. The van der Waals surface area contributed by atoms with E-state index in [0.717, 1.165) is 50.7 Å². The fourth-order valence-electron chi connectivity index (χ4n) is 2.73. The lowest BCUT2D eigenvalue weighted by molar-refractivity contribution is 0.144. The van der Waals surface area contributed by atoms with Gasteiger partial charge in [0.2, 0.25) is 0 Å². The molecule has 0 aliphatic carbocycles. The van der Waals surface area contributed by atoms with Crippen molar-refractivity contribution in [3.8, 4) is 5.75 Å². The van der Waals surface area contributed by atoms with E-state index < -0.39 is 0 Å². The van der Waals surface area contributed by atoms with Gasteiger partial charge in [0, 0.05) is 57.3 Å². The summed E-state index contributed by atoms with van der Waals surface area (Å²) < 4.78 is 7.19. The summed E-state index contributed by atoms with van der Waals surface area (Å²) in [4.78, 5) is 20.6. The van der Waals surface area contributed by atoms with Crippen LogP contribution in [-0.4, -0.2) is 65.2 Å². The van der Waals surface area contributed by atoms with Gasteiger partial charge in [-0.25, -0.2) is 9.78 Å². The Balaban J connectivity index is 1.42. The van der Waals surface area contributed by atoms with Crippen molar-refractivity contribution in [2.24, 2.45) is 0 Å². The molecule has 0 radical (unpaired) electrons. The Labute approximate surface area is 141 Å². The number of aromatic nitrogens is 2. The molecular formula is C17H23N5O2. The number of urea groups is 1. The molecule has 2 heterocycles. The molecule has 1 aromatic carbocycles. The molecule has 2 aromatic rings. The van der Waals surface area contributed by atoms with Gasteiger partial charge < -0.3 is 19.5 Å². The predicted molar refractivity (Wildman–Crippen MR) is 92.3 cm³/mol. The molecule has 0 saturated carbocycles. The fourth-order valence-corrected chi connectivity index (χ4v) is 2.73. The molecule has 128 valence electrons. The number of rotatable bonds is 5. The summed E-state index contributed by atoms with van der Waals surface area (Å²) in [6.07, 6.45) is 5.60. The first-order valence-corrected chi connectivity index (χ1v) is 8.12. The maximum Gasteiger partial charge on any atom is 0.321 e. The van der Waals surface area contributed by atoms with Crippen LogP contribution in [-0.2, 0) is 6.54 Å². The van der Waals surface area contributed by atoms with Crippen LogP contribution in [0.2, 0.25) is 0 Å². The van der Waals surface area contributed by atoms with Crippen molar-refractivity contribution in [3.05, 3.63) is 43.0 Å². The summed E-state index contributed by atoms with van der Waals surface area (Å²) in [5, 5.41) is 2.93. The van der Waals surface area contributed by atoms with E-state index in [1.165, 1.54) is 0 Å². The molecule has 7 heteroatoms. The first-order chi connectivity index (χ1) is 11.7. The highest BCUT2D eigenvalue weighted by Gasteiger charge is 2.20. The molecule has 1 aliphatic heterocycles. The van der Waals surface area contributed by atoms with Crippen LogP contribution in [0.1, 0.15) is 0 Å². The highest BCUT2D eigenvalue weighted by molar-refractivity contribution is 5.89. The van der Waals surface area contributed by atoms with Crippen molar-refractivity contribution >= 4 is 11.7 Å². The van der Waals surface area contributed by atoms with E-state index in [4.69, 9.17) is 4.74 Å². The SMILES string of the molecule is COc1ccc(NC(=O)N2CCN(CCn3ccnc3)CC2)cc1. The van der Waals surface area contributed by atoms with Crippen molar-refractivity contribution in [1.82, 2.24) is 19.4 Å². The first-order valence-electron chi connectivity index (χ1n) is 8.12. The average Bonchev–Trinajstić information content (AvgIpc) is 3.14. The molecule has 0 spiro atoms. The quantitative estimate of drug-likeness (QED) is 0.908. The van der Waals surface area contributed by atoms with E-state index in [1.807, 2.05) is 41.7 Å². The number of piperazine rings is 1. The van der Waals surface area contributed by atoms with Gasteiger partial charge >= 0.3 is 6.03 Å². The van der Waals surface area contributed by atoms with E-state index in [2.05, 4.69) is 19.8 Å². The number of hydrogen-bond acceptors (Lipinski definition) is 4. The fraction of sp³-hybridized carbons (Fsp3) is 0.412. The molecule has 1 aliphatic rings. The van der Waals surface area contributed by atoms with Crippen LogP contribution in [0.3, 0.4) is 0 Å². The van der Waals surface area contributed by atoms with Crippen LogP contribution >= 0.6 is 0 Å². The third kappa shape index (κ3) is 4.26. The second kappa shape index (κ2) is 7.83. The zero-order chi connectivity index (χ0) is 16.8. The number of amides is 2. The molecule has 0 unspecified atom stereocenters. The number of benzene rings is 1. The Bertz CT molecular complexity index is 634. The van der Waals surface area contributed by atoms with Crippen LogP contribution in [0.5, 0.6) is 5.75 Å². The third-order valence-corrected chi connectivity index (χ3v) is 4.23. The zero-order valence-corrected chi connectivity index (χ0v) is 13.9. The number of nitrogens with one attached hydrogen (secondary N) is 1. The summed E-state index contributed by atoms with van der Waals surface area (Å²) >= 11 is 0. The average molecular weight is 329 g/mol. The lowest BCUT2D eigenvalue weighted by atomic mass is 10.3. The Kier molecular flexibility index (Phi) is 5.32. The van der Waals surface area contributed by atoms with Gasteiger partial charge in [-0.3, -0.25) is 4.90 Å². The topological polar surface area (TPSA) is 62.6 Å². The van der Waals surface area contributed by atoms with Crippen LogP contribution in [0, 0.1) is 0 Å². The number of carbonyl (C=O) groups is 1. The van der Waals surface area contributed by atoms with Crippen molar-refractivity contribution in [2.45, 2.75) is 6.54 Å². The number of imidazole rings is 1. The maximum absolute atomic E-state index is 12.3. The second-order valence-electron chi connectivity index (χ2n) is 5.79. The molecule has 0 bridgehead atoms. The summed E-state index contributed by atoms with van der Waals surface area (Å²) in [7, 11) is 1.62. The van der Waals surface area contributed by atoms with Crippen molar-refractivity contribution in [3.63, 3.8) is 0 Å². The molecule has 3 rings (SSSR count). The van der Waals surface area contributed by atoms with Gasteiger partial charge in [0.25, 0.3) is 0 Å². The normalized spacial score (nSPS) is 15.3. The lowest BCUT2D eigenvalue weighted by Gasteiger charge is -2.34. The van der Waals surface area contributed by atoms with E-state index in [0.29, 0.717) is 0 Å². The van der Waals surface area contributed by atoms with Gasteiger partial charge in [-0.05, 0) is 24.3 Å². The number of ether oxygens (including phenoxy) is 1. The number of hydrogen-bond donors (Lipinski definition) is 1. The van der Waals surface area contributed by atoms with Gasteiger partial charge in [-0.1, -0.05) is 0 Å². The van der Waals surface area contributed by atoms with Gasteiger partial charge in [0.1, 0.15) is 5.75 Å². The highest BCUT2D eigenvalue weighted by atomic mass is 16.5. The standard InChI is InChI=1S/C17H23N5O2/c1-24-16-4-2-15(3-5-16)19-17(23)22-12-10-20(11-13-22)8-9-21-7-6-18-14-21/h2-7,14H,8-13H2,1H3,(H,19,23). The number of methoxy groups -OCH3 is 1. The summed E-state index contributed by atoms with van der Waals surface area (Å²) in [6.45, 7) is 5.18. The van der Waals surface area contributed by atoms with E-state index >= 15 is 0 Å². The Morgan fingerprint density at radius 1 is 1.17 bits per heavy atom. The molecule has 1 fully saturated rings. The first kappa shape index (κ1) is 16.3. The van der Waals surface area contributed by atoms with E-state index in [9.17, 15) is 4.79 Å². The molecule has 0 atom stereocenters. The summed E-state index contributed by atoms with van der Waals surface area (Å²) in [5.74, 6) is 0.777. The van der Waals surface area contributed by atoms with Crippen LogP contribution in [0.4, 0.5) is 10.5 Å². The predicted octanol–water partition coefficient (Wildman–Crippen LogP) is 1.74. The van der Waals surface area contributed by atoms with Gasteiger partial charge in [0.05, 0.1) is 13.4 Å². The maximum atomic E-state index is 12.3. The monoisotopic (exact) mass is 329 g/mol. The van der Waals surface area contributed by atoms with Gasteiger partial charge in [-0.15, -0.1) is 0 Å². The van der Waals surface area contributed by atoms with Crippen LogP contribution in [0.15, 0.2) is 43.0 Å². The Hall–Kier alpha value is -2.54. The number of nitrogens with zero attached hydrogens (tertiary/aromatic N) is 4. The largest absolute Gasteiger partial charge is 0.497 e. The molecule has 1 saturated heterocycles. The summed E-state index contributed by atoms with van der Waals surface area (Å²) in [5.41, 5.74) is 0.781. The highest BCUT2D eigenvalue weighted by Crippen LogP contribution is 2.15. The number of carbonyl (C=O) groups excluding carboxylic acids is 1. The molecule has 1 N–H and O–H groups in total. The smallest absolute Gasteiger partial charge is 0.321 e. The molecule has 1 aromatic heterocycles. The van der Waals surface area contributed by atoms with Crippen LogP contribution in [0.25, 0.3) is 0 Å². The molecular weight excluding hydrogens is 306 g/mol. The third-order valence-electron chi connectivity index (χ3n) is 4.23. The van der Waals surface area contributed by atoms with Crippen molar-refractivity contribution in [2.75, 3.05) is 45.2 Å². The minimum absolute atomic E-state index is 0.0468.